The fraction of sp³-hybridized carbons (Fsp3) is 0.227. The van der Waals surface area contributed by atoms with Crippen LogP contribution in [0.25, 0.3) is 0 Å². The van der Waals surface area contributed by atoms with Gasteiger partial charge >= 0.3 is 5.97 Å². The van der Waals surface area contributed by atoms with Crippen LogP contribution in [0, 0.1) is 0 Å². The molecule has 1 aliphatic carbocycles. The summed E-state index contributed by atoms with van der Waals surface area (Å²) in [4.78, 5) is 25.8. The molecule has 0 aliphatic heterocycles. The maximum atomic E-state index is 13.1. The van der Waals surface area contributed by atoms with Gasteiger partial charge in [0.2, 0.25) is 0 Å². The van der Waals surface area contributed by atoms with Crippen molar-refractivity contribution in [3.8, 4) is 0 Å². The molecule has 0 spiro atoms. The zero-order valence-electron chi connectivity index (χ0n) is 15.2. The van der Waals surface area contributed by atoms with Crippen molar-refractivity contribution in [3.05, 3.63) is 88.8 Å². The second kappa shape index (κ2) is 7.68. The normalized spacial score (nSPS) is 13.3. The molecule has 1 amide bonds. The van der Waals surface area contributed by atoms with Crippen molar-refractivity contribution in [2.45, 2.75) is 31.8 Å². The van der Waals surface area contributed by atoms with E-state index in [1.54, 1.807) is 35.2 Å². The van der Waals surface area contributed by atoms with Gasteiger partial charge in [-0.05, 0) is 36.1 Å². The summed E-state index contributed by atoms with van der Waals surface area (Å²) in [5.74, 6) is -0.0187. The number of carbonyl (C=O) groups is 2. The minimum absolute atomic E-state index is 0.207. The summed E-state index contributed by atoms with van der Waals surface area (Å²) in [6.07, 6.45) is 2.15. The average Bonchev–Trinajstić information content (AvgIpc) is 3.45. The fourth-order valence-corrected chi connectivity index (χ4v) is 3.09. The van der Waals surface area contributed by atoms with Crippen LogP contribution in [0.3, 0.4) is 0 Å². The highest BCUT2D eigenvalue weighted by atomic mass is 16.5. The van der Waals surface area contributed by atoms with E-state index < -0.39 is 5.97 Å². The first-order valence-electron chi connectivity index (χ1n) is 9.22. The fourth-order valence-electron chi connectivity index (χ4n) is 3.09. The number of carboxylic acid groups (broad SMARTS) is 1. The average molecular weight is 376 g/mol. The molecule has 1 aliphatic rings. The van der Waals surface area contributed by atoms with E-state index >= 15 is 0 Å². The second-order valence-corrected chi connectivity index (χ2v) is 7.04. The van der Waals surface area contributed by atoms with Crippen molar-refractivity contribution in [2.24, 2.45) is 0 Å². The van der Waals surface area contributed by atoms with Gasteiger partial charge in [-0.3, -0.25) is 4.79 Å². The predicted octanol–water partition coefficient (Wildman–Crippen LogP) is 4.09. The molecule has 1 aromatic heterocycles. The van der Waals surface area contributed by atoms with Gasteiger partial charge in [-0.1, -0.05) is 47.6 Å². The van der Waals surface area contributed by atoms with Crippen LogP contribution in [0.1, 0.15) is 56.5 Å². The Hall–Kier alpha value is -3.41. The molecule has 1 heterocycles. The highest BCUT2D eigenvalue weighted by Gasteiger charge is 2.30. The standard InChI is InChI=1S/C22H20N2O4/c25-21(19-12-20(28-23-19)17-10-11-17)24(13-15-4-2-1-3-5-15)14-16-6-8-18(9-7-16)22(26)27/h1-9,12,17H,10-11,13-14H2,(H,26,27). The quantitative estimate of drug-likeness (QED) is 0.671. The zero-order chi connectivity index (χ0) is 19.5. The van der Waals surface area contributed by atoms with Crippen LogP contribution in [-0.4, -0.2) is 27.0 Å². The Labute approximate surface area is 162 Å². The molecule has 0 radical (unpaired) electrons. The third-order valence-corrected chi connectivity index (χ3v) is 4.81. The summed E-state index contributed by atoms with van der Waals surface area (Å²) in [7, 11) is 0. The number of amides is 1. The van der Waals surface area contributed by atoms with Crippen LogP contribution >= 0.6 is 0 Å². The van der Waals surface area contributed by atoms with Crippen LogP contribution < -0.4 is 0 Å². The summed E-state index contributed by atoms with van der Waals surface area (Å²) in [5.41, 5.74) is 2.37. The van der Waals surface area contributed by atoms with Crippen LogP contribution in [0.5, 0.6) is 0 Å². The van der Waals surface area contributed by atoms with E-state index in [9.17, 15) is 9.59 Å². The molecule has 142 valence electrons. The number of nitrogens with zero attached hydrogens (tertiary/aromatic N) is 2. The lowest BCUT2D eigenvalue weighted by Gasteiger charge is -2.22. The van der Waals surface area contributed by atoms with Gasteiger partial charge in [0.05, 0.1) is 5.56 Å². The molecule has 28 heavy (non-hydrogen) atoms. The van der Waals surface area contributed by atoms with Crippen molar-refractivity contribution in [1.82, 2.24) is 10.1 Å². The lowest BCUT2D eigenvalue weighted by Crippen LogP contribution is -2.30. The Bertz CT molecular complexity index is 975. The Morgan fingerprint density at radius 2 is 1.64 bits per heavy atom. The number of aromatic carboxylic acids is 1. The van der Waals surface area contributed by atoms with Crippen molar-refractivity contribution in [1.29, 1.82) is 0 Å². The van der Waals surface area contributed by atoms with Crippen molar-refractivity contribution >= 4 is 11.9 Å². The SMILES string of the molecule is O=C(O)c1ccc(CN(Cc2ccccc2)C(=O)c2cc(C3CC3)on2)cc1. The number of hydrogen-bond donors (Lipinski definition) is 1. The highest BCUT2D eigenvalue weighted by Crippen LogP contribution is 2.40. The number of carbonyl (C=O) groups excluding carboxylic acids is 1. The molecule has 1 N–H and O–H groups in total. The van der Waals surface area contributed by atoms with Crippen LogP contribution in [-0.2, 0) is 13.1 Å². The number of rotatable bonds is 7. The first-order valence-corrected chi connectivity index (χ1v) is 9.22. The minimum Gasteiger partial charge on any atom is -0.478 e. The van der Waals surface area contributed by atoms with Crippen LogP contribution in [0.4, 0.5) is 0 Å². The summed E-state index contributed by atoms with van der Waals surface area (Å²) in [6, 6.07) is 18.0. The molecule has 1 saturated carbocycles. The van der Waals surface area contributed by atoms with E-state index in [4.69, 9.17) is 9.63 Å². The van der Waals surface area contributed by atoms with Gasteiger partial charge in [0.15, 0.2) is 5.69 Å². The van der Waals surface area contributed by atoms with E-state index in [-0.39, 0.29) is 11.5 Å². The largest absolute Gasteiger partial charge is 0.478 e. The van der Waals surface area contributed by atoms with E-state index in [0.29, 0.717) is 24.7 Å². The molecule has 2 aromatic carbocycles. The molecule has 0 atom stereocenters. The lowest BCUT2D eigenvalue weighted by atomic mass is 10.1. The van der Waals surface area contributed by atoms with Crippen LogP contribution in [0.15, 0.2) is 65.2 Å². The molecule has 0 bridgehead atoms. The molecule has 3 aromatic rings. The van der Waals surface area contributed by atoms with Gasteiger partial charge < -0.3 is 14.5 Å². The van der Waals surface area contributed by atoms with Crippen molar-refractivity contribution < 1.29 is 19.2 Å². The Morgan fingerprint density at radius 1 is 1.00 bits per heavy atom. The zero-order valence-corrected chi connectivity index (χ0v) is 15.2. The molecular weight excluding hydrogens is 356 g/mol. The Morgan fingerprint density at radius 3 is 2.25 bits per heavy atom. The molecule has 4 rings (SSSR count). The van der Waals surface area contributed by atoms with E-state index in [2.05, 4.69) is 5.16 Å². The first-order chi connectivity index (χ1) is 13.6. The van der Waals surface area contributed by atoms with Crippen LogP contribution in [0.2, 0.25) is 0 Å². The van der Waals surface area contributed by atoms with Gasteiger partial charge in [0, 0.05) is 25.1 Å². The Kier molecular flexibility index (Phi) is 4.93. The van der Waals surface area contributed by atoms with E-state index in [1.165, 1.54) is 0 Å². The van der Waals surface area contributed by atoms with E-state index in [1.807, 2.05) is 30.3 Å². The smallest absolute Gasteiger partial charge is 0.335 e. The summed E-state index contributed by atoms with van der Waals surface area (Å²) in [5, 5.41) is 13.0. The number of benzene rings is 2. The molecule has 1 fully saturated rings. The van der Waals surface area contributed by atoms with Crippen molar-refractivity contribution in [2.75, 3.05) is 0 Å². The van der Waals surface area contributed by atoms with E-state index in [0.717, 1.165) is 29.7 Å². The number of aromatic nitrogens is 1. The van der Waals surface area contributed by atoms with Gasteiger partial charge in [0.25, 0.3) is 5.91 Å². The third kappa shape index (κ3) is 4.11. The Balaban J connectivity index is 1.56. The second-order valence-electron chi connectivity index (χ2n) is 7.04. The van der Waals surface area contributed by atoms with Crippen molar-refractivity contribution in [3.63, 3.8) is 0 Å². The number of hydrogen-bond acceptors (Lipinski definition) is 4. The molecule has 0 saturated heterocycles. The predicted molar refractivity (Wildman–Crippen MR) is 102 cm³/mol. The van der Waals surface area contributed by atoms with Gasteiger partial charge in [-0.15, -0.1) is 0 Å². The minimum atomic E-state index is -0.973. The monoisotopic (exact) mass is 376 g/mol. The maximum absolute atomic E-state index is 13.1. The molecular formula is C22H20N2O4. The topological polar surface area (TPSA) is 83.6 Å². The molecule has 6 heteroatoms. The third-order valence-electron chi connectivity index (χ3n) is 4.81. The molecule has 6 nitrogen and oxygen atoms in total. The lowest BCUT2D eigenvalue weighted by molar-refractivity contribution is 0.0692. The number of carboxylic acids is 1. The molecule has 0 unspecified atom stereocenters. The summed E-state index contributed by atoms with van der Waals surface area (Å²) in [6.45, 7) is 0.769. The van der Waals surface area contributed by atoms with Gasteiger partial charge in [0.1, 0.15) is 5.76 Å². The first kappa shape index (κ1) is 18.0. The highest BCUT2D eigenvalue weighted by molar-refractivity contribution is 5.92. The maximum Gasteiger partial charge on any atom is 0.335 e. The van der Waals surface area contributed by atoms with Gasteiger partial charge in [-0.25, -0.2) is 4.79 Å². The summed E-state index contributed by atoms with van der Waals surface area (Å²) < 4.78 is 5.34. The summed E-state index contributed by atoms with van der Waals surface area (Å²) >= 11 is 0. The van der Waals surface area contributed by atoms with Gasteiger partial charge in [-0.2, -0.15) is 0 Å².